The van der Waals surface area contributed by atoms with Crippen molar-refractivity contribution in [1.82, 2.24) is 4.31 Å². The molecule has 0 aromatic rings. The Morgan fingerprint density at radius 1 is 1.11 bits per heavy atom. The predicted octanol–water partition coefficient (Wildman–Crippen LogP) is -0.402. The zero-order valence-corrected chi connectivity index (χ0v) is 12.2. The Morgan fingerprint density at radius 3 is 2.11 bits per heavy atom. The van der Waals surface area contributed by atoms with E-state index in [1.807, 2.05) is 0 Å². The van der Waals surface area contributed by atoms with Gasteiger partial charge < -0.3 is 5.11 Å². The molecule has 0 atom stereocenters. The van der Waals surface area contributed by atoms with Gasteiger partial charge in [0, 0.05) is 18.8 Å². The fourth-order valence-electron chi connectivity index (χ4n) is 2.21. The molecule has 0 aromatic carbocycles. The Hall–Kier alpha value is -0.180. The predicted molar refractivity (Wildman–Crippen MR) is 69.5 cm³/mol. The Morgan fingerprint density at radius 2 is 1.67 bits per heavy atom. The maximum absolute atomic E-state index is 12.1. The van der Waals surface area contributed by atoms with Gasteiger partial charge in [0.05, 0.1) is 18.1 Å². The monoisotopic (exact) mass is 299 g/mol. The van der Waals surface area contributed by atoms with Crippen molar-refractivity contribution in [1.29, 1.82) is 0 Å². The molecule has 0 bridgehead atoms. The molecule has 108 valence electrons. The van der Waals surface area contributed by atoms with Gasteiger partial charge in [0.1, 0.15) is 9.84 Å². The molecule has 1 aliphatic rings. The highest BCUT2D eigenvalue weighted by Crippen LogP contribution is 2.25. The molecule has 0 spiro atoms. The van der Waals surface area contributed by atoms with E-state index < -0.39 is 25.6 Å². The average Bonchev–Trinajstić information content (AvgIpc) is 2.75. The van der Waals surface area contributed by atoms with Crippen molar-refractivity contribution in [3.8, 4) is 0 Å². The normalized spacial score (nSPS) is 18.6. The van der Waals surface area contributed by atoms with E-state index in [0.717, 1.165) is 31.9 Å². The number of hydrogen-bond donors (Lipinski definition) is 1. The van der Waals surface area contributed by atoms with Gasteiger partial charge in [-0.15, -0.1) is 0 Å². The highest BCUT2D eigenvalue weighted by molar-refractivity contribution is 7.93. The van der Waals surface area contributed by atoms with Crippen LogP contribution in [0.5, 0.6) is 0 Å². The first-order valence-corrected chi connectivity index (χ1v) is 9.71. The molecule has 0 saturated heterocycles. The first-order valence-electron chi connectivity index (χ1n) is 6.04. The van der Waals surface area contributed by atoms with Gasteiger partial charge in [-0.1, -0.05) is 12.8 Å². The lowest BCUT2D eigenvalue weighted by atomic mass is 10.2. The summed E-state index contributed by atoms with van der Waals surface area (Å²) in [6.45, 7) is -0.189. The second-order valence-electron chi connectivity index (χ2n) is 4.72. The van der Waals surface area contributed by atoms with Gasteiger partial charge in [-0.2, -0.15) is 4.31 Å². The summed E-state index contributed by atoms with van der Waals surface area (Å²) in [6.07, 6.45) is 4.56. The lowest BCUT2D eigenvalue weighted by Gasteiger charge is -2.27. The number of aliphatic hydroxyl groups is 1. The molecule has 0 unspecified atom stereocenters. The number of sulfonamides is 1. The fourth-order valence-corrected chi connectivity index (χ4v) is 5.53. The van der Waals surface area contributed by atoms with Gasteiger partial charge >= 0.3 is 0 Å². The summed E-state index contributed by atoms with van der Waals surface area (Å²) in [4.78, 5) is 0. The number of sulfone groups is 1. The number of hydrogen-bond acceptors (Lipinski definition) is 5. The smallest absolute Gasteiger partial charge is 0.215 e. The van der Waals surface area contributed by atoms with Crippen LogP contribution in [0.15, 0.2) is 0 Å². The molecule has 6 nitrogen and oxygen atoms in total. The van der Waals surface area contributed by atoms with E-state index in [2.05, 4.69) is 0 Å². The average molecular weight is 299 g/mol. The van der Waals surface area contributed by atoms with Crippen molar-refractivity contribution in [3.63, 3.8) is 0 Å². The molecular formula is C10H21NO5S2. The summed E-state index contributed by atoms with van der Waals surface area (Å²) in [5.74, 6) is -0.772. The quantitative estimate of drug-likeness (QED) is 0.690. The summed E-state index contributed by atoms with van der Waals surface area (Å²) in [7, 11) is -6.90. The van der Waals surface area contributed by atoms with Crippen LogP contribution in [-0.2, 0) is 19.9 Å². The van der Waals surface area contributed by atoms with Crippen LogP contribution in [0.1, 0.15) is 25.7 Å². The molecule has 1 aliphatic carbocycles. The van der Waals surface area contributed by atoms with Crippen LogP contribution < -0.4 is 0 Å². The lowest BCUT2D eigenvalue weighted by Crippen LogP contribution is -2.43. The number of nitrogens with zero attached hydrogens (tertiary/aromatic N) is 1. The highest BCUT2D eigenvalue weighted by Gasteiger charge is 2.31. The Bertz CT molecular complexity index is 451. The third kappa shape index (κ3) is 4.83. The molecule has 0 aromatic heterocycles. The van der Waals surface area contributed by atoms with Crippen molar-refractivity contribution in [2.75, 3.05) is 30.9 Å². The second-order valence-corrected chi connectivity index (χ2v) is 9.02. The van der Waals surface area contributed by atoms with Crippen LogP contribution in [-0.4, -0.2) is 63.2 Å². The van der Waals surface area contributed by atoms with Crippen LogP contribution in [0.3, 0.4) is 0 Å². The van der Waals surface area contributed by atoms with Gasteiger partial charge in [0.15, 0.2) is 0 Å². The van der Waals surface area contributed by atoms with Crippen LogP contribution >= 0.6 is 0 Å². The maximum atomic E-state index is 12.1. The highest BCUT2D eigenvalue weighted by atomic mass is 32.2. The molecule has 0 heterocycles. The van der Waals surface area contributed by atoms with E-state index in [0.29, 0.717) is 0 Å². The number of rotatable bonds is 7. The SMILES string of the molecule is CS(=O)(=O)CCS(=O)(=O)N(CCO)C1CCCC1. The van der Waals surface area contributed by atoms with Crippen molar-refractivity contribution >= 4 is 19.9 Å². The van der Waals surface area contributed by atoms with Gasteiger partial charge in [-0.25, -0.2) is 16.8 Å². The molecular weight excluding hydrogens is 278 g/mol. The van der Waals surface area contributed by atoms with Gasteiger partial charge in [0.2, 0.25) is 10.0 Å². The van der Waals surface area contributed by atoms with Gasteiger partial charge in [-0.05, 0) is 12.8 Å². The largest absolute Gasteiger partial charge is 0.395 e. The van der Waals surface area contributed by atoms with E-state index in [4.69, 9.17) is 5.11 Å². The van der Waals surface area contributed by atoms with E-state index in [9.17, 15) is 16.8 Å². The van der Waals surface area contributed by atoms with E-state index in [1.54, 1.807) is 0 Å². The summed E-state index contributed by atoms with van der Waals surface area (Å²) >= 11 is 0. The fraction of sp³-hybridized carbons (Fsp3) is 1.00. The molecule has 0 radical (unpaired) electrons. The van der Waals surface area contributed by atoms with Crippen molar-refractivity contribution in [3.05, 3.63) is 0 Å². The van der Waals surface area contributed by atoms with Crippen LogP contribution in [0.2, 0.25) is 0 Å². The summed E-state index contributed by atoms with van der Waals surface area (Å²) in [5.41, 5.74) is 0. The van der Waals surface area contributed by atoms with Crippen LogP contribution in [0, 0.1) is 0 Å². The zero-order chi connectivity index (χ0) is 13.8. The number of aliphatic hydroxyl groups excluding tert-OH is 1. The van der Waals surface area contributed by atoms with Crippen LogP contribution in [0.4, 0.5) is 0 Å². The van der Waals surface area contributed by atoms with E-state index >= 15 is 0 Å². The Labute approximate surface area is 109 Å². The summed E-state index contributed by atoms with van der Waals surface area (Å²) in [5, 5.41) is 8.96. The zero-order valence-electron chi connectivity index (χ0n) is 10.6. The Balaban J connectivity index is 2.76. The molecule has 1 rings (SSSR count). The van der Waals surface area contributed by atoms with Crippen LogP contribution in [0.25, 0.3) is 0 Å². The maximum Gasteiger partial charge on any atom is 0.215 e. The molecule has 1 fully saturated rings. The topological polar surface area (TPSA) is 91.8 Å². The first kappa shape index (κ1) is 15.9. The lowest BCUT2D eigenvalue weighted by molar-refractivity contribution is 0.226. The van der Waals surface area contributed by atoms with Crippen molar-refractivity contribution in [2.45, 2.75) is 31.7 Å². The molecule has 1 N–H and O–H groups in total. The van der Waals surface area contributed by atoms with Gasteiger partial charge in [0.25, 0.3) is 0 Å². The minimum absolute atomic E-state index is 0.0523. The standard InChI is InChI=1S/C10H21NO5S2/c1-17(13,14)8-9-18(15,16)11(6-7-12)10-4-2-3-5-10/h10,12H,2-9H2,1H3. The first-order chi connectivity index (χ1) is 8.26. The molecule has 18 heavy (non-hydrogen) atoms. The summed E-state index contributed by atoms with van der Waals surface area (Å²) in [6, 6.07) is -0.0817. The van der Waals surface area contributed by atoms with Crippen molar-refractivity contribution in [2.24, 2.45) is 0 Å². The minimum Gasteiger partial charge on any atom is -0.395 e. The third-order valence-corrected chi connectivity index (χ3v) is 6.24. The van der Waals surface area contributed by atoms with E-state index in [1.165, 1.54) is 4.31 Å². The minimum atomic E-state index is -3.61. The third-order valence-electron chi connectivity index (χ3n) is 3.12. The van der Waals surface area contributed by atoms with Crippen molar-refractivity contribution < 1.29 is 21.9 Å². The summed E-state index contributed by atoms with van der Waals surface area (Å²) < 4.78 is 47.6. The molecule has 1 saturated carbocycles. The molecule has 0 aliphatic heterocycles. The van der Waals surface area contributed by atoms with E-state index in [-0.39, 0.29) is 24.9 Å². The molecule has 8 heteroatoms. The Kier molecular flexibility index (Phi) is 5.57. The molecule has 0 amide bonds. The second kappa shape index (κ2) is 6.31. The van der Waals surface area contributed by atoms with Gasteiger partial charge in [-0.3, -0.25) is 0 Å².